The number of carbonyl (C=O) groups is 1. The molecule has 3 aromatic rings. The van der Waals surface area contributed by atoms with Crippen LogP contribution in [0, 0.1) is 20.8 Å². The number of methoxy groups -OCH3 is 1. The van der Waals surface area contributed by atoms with E-state index in [4.69, 9.17) is 4.74 Å². The molecule has 0 aliphatic heterocycles. The predicted octanol–water partition coefficient (Wildman–Crippen LogP) is 5.09. The van der Waals surface area contributed by atoms with Gasteiger partial charge in [-0.1, -0.05) is 24.3 Å². The molecule has 27 heavy (non-hydrogen) atoms. The molecule has 0 radical (unpaired) electrons. The number of nitrogens with zero attached hydrogens (tertiary/aromatic N) is 1. The second-order valence-electron chi connectivity index (χ2n) is 6.89. The van der Waals surface area contributed by atoms with E-state index in [2.05, 4.69) is 9.88 Å². The molecule has 4 nitrogen and oxygen atoms in total. The van der Waals surface area contributed by atoms with E-state index in [-0.39, 0.29) is 11.8 Å². The molecule has 0 amide bonds. The van der Waals surface area contributed by atoms with Crippen LogP contribution < -0.4 is 10.1 Å². The first-order chi connectivity index (χ1) is 12.9. The number of aromatic nitrogens is 1. The first-order valence-electron chi connectivity index (χ1n) is 9.12. The summed E-state index contributed by atoms with van der Waals surface area (Å²) in [5, 5.41) is 3.31. The fourth-order valence-corrected chi connectivity index (χ4v) is 3.45. The number of anilines is 1. The van der Waals surface area contributed by atoms with Crippen LogP contribution in [0.4, 0.5) is 5.69 Å². The minimum Gasteiger partial charge on any atom is -0.495 e. The lowest BCUT2D eigenvalue weighted by atomic mass is 10.0. The van der Waals surface area contributed by atoms with Gasteiger partial charge in [0.25, 0.3) is 0 Å². The Morgan fingerprint density at radius 1 is 1.04 bits per heavy atom. The number of benzene rings is 2. The lowest BCUT2D eigenvalue weighted by Gasteiger charge is -2.17. The Morgan fingerprint density at radius 2 is 1.74 bits per heavy atom. The van der Waals surface area contributed by atoms with Crippen molar-refractivity contribution in [1.29, 1.82) is 0 Å². The first kappa shape index (κ1) is 18.8. The fourth-order valence-electron chi connectivity index (χ4n) is 3.45. The topological polar surface area (TPSA) is 43.3 Å². The standard InChI is InChI=1S/C23H26N2O2/c1-15-11-12-22(27-5)21(13-15)24-17(3)23(26)20-14-16(2)25(18(20)4)19-9-7-6-8-10-19/h6-14,17,24H,1-5H3/t17-/m0/s1. The summed E-state index contributed by atoms with van der Waals surface area (Å²) in [6.45, 7) is 7.93. The Balaban J connectivity index is 1.89. The van der Waals surface area contributed by atoms with Crippen molar-refractivity contribution in [1.82, 2.24) is 4.57 Å². The fraction of sp³-hybridized carbons (Fsp3) is 0.261. The van der Waals surface area contributed by atoms with Gasteiger partial charge in [0.15, 0.2) is 5.78 Å². The van der Waals surface area contributed by atoms with Crippen molar-refractivity contribution in [2.75, 3.05) is 12.4 Å². The Hall–Kier alpha value is -3.01. The summed E-state index contributed by atoms with van der Waals surface area (Å²) in [5.74, 6) is 0.795. The number of aryl methyl sites for hydroxylation is 2. The number of hydrogen-bond donors (Lipinski definition) is 1. The van der Waals surface area contributed by atoms with Gasteiger partial charge < -0.3 is 14.6 Å². The summed E-state index contributed by atoms with van der Waals surface area (Å²) < 4.78 is 7.53. The van der Waals surface area contributed by atoms with Gasteiger partial charge in [0.2, 0.25) is 0 Å². The monoisotopic (exact) mass is 362 g/mol. The first-order valence-corrected chi connectivity index (χ1v) is 9.12. The average Bonchev–Trinajstić information content (AvgIpc) is 2.96. The molecule has 0 aliphatic carbocycles. The lowest BCUT2D eigenvalue weighted by molar-refractivity contribution is 0.0975. The van der Waals surface area contributed by atoms with E-state index in [0.29, 0.717) is 0 Å². The van der Waals surface area contributed by atoms with Crippen LogP contribution >= 0.6 is 0 Å². The van der Waals surface area contributed by atoms with Crippen LogP contribution in [0.15, 0.2) is 54.6 Å². The average molecular weight is 362 g/mol. The minimum absolute atomic E-state index is 0.0637. The normalized spacial score (nSPS) is 11.9. The molecule has 3 rings (SSSR count). The molecule has 4 heteroatoms. The number of carbonyl (C=O) groups excluding carboxylic acids is 1. The van der Waals surface area contributed by atoms with Crippen LogP contribution in [-0.4, -0.2) is 23.5 Å². The van der Waals surface area contributed by atoms with Crippen LogP contribution in [0.3, 0.4) is 0 Å². The zero-order valence-corrected chi connectivity index (χ0v) is 16.5. The van der Waals surface area contributed by atoms with E-state index < -0.39 is 0 Å². The van der Waals surface area contributed by atoms with Gasteiger partial charge in [-0.3, -0.25) is 4.79 Å². The SMILES string of the molecule is COc1ccc(C)cc1N[C@@H](C)C(=O)c1cc(C)n(-c2ccccc2)c1C. The molecule has 0 saturated heterocycles. The van der Waals surface area contributed by atoms with E-state index in [1.54, 1.807) is 7.11 Å². The molecule has 1 N–H and O–H groups in total. The van der Waals surface area contributed by atoms with E-state index in [1.807, 2.05) is 82.3 Å². The number of Topliss-reactive ketones (excluding diaryl/α,β-unsaturated/α-hetero) is 1. The Morgan fingerprint density at radius 3 is 2.41 bits per heavy atom. The molecule has 0 saturated carbocycles. The maximum absolute atomic E-state index is 13.1. The van der Waals surface area contributed by atoms with Crippen LogP contribution in [0.5, 0.6) is 5.75 Å². The van der Waals surface area contributed by atoms with Crippen molar-refractivity contribution in [3.05, 3.63) is 77.1 Å². The summed E-state index contributed by atoms with van der Waals surface area (Å²) in [5.41, 5.74) is 5.74. The van der Waals surface area contributed by atoms with Gasteiger partial charge >= 0.3 is 0 Å². The highest BCUT2D eigenvalue weighted by Gasteiger charge is 2.22. The van der Waals surface area contributed by atoms with Crippen molar-refractivity contribution in [2.45, 2.75) is 33.7 Å². The van der Waals surface area contributed by atoms with Gasteiger partial charge in [-0.15, -0.1) is 0 Å². The molecule has 1 atom stereocenters. The highest BCUT2D eigenvalue weighted by Crippen LogP contribution is 2.27. The molecule has 1 aromatic heterocycles. The zero-order chi connectivity index (χ0) is 19.6. The van der Waals surface area contributed by atoms with Crippen LogP contribution in [0.1, 0.15) is 34.2 Å². The maximum atomic E-state index is 13.1. The van der Waals surface area contributed by atoms with Crippen LogP contribution in [0.2, 0.25) is 0 Å². The molecule has 140 valence electrons. The second-order valence-corrected chi connectivity index (χ2v) is 6.89. The van der Waals surface area contributed by atoms with Crippen molar-refractivity contribution in [3.63, 3.8) is 0 Å². The van der Waals surface area contributed by atoms with Crippen molar-refractivity contribution in [2.24, 2.45) is 0 Å². The molecule has 0 fully saturated rings. The number of hydrogen-bond acceptors (Lipinski definition) is 3. The maximum Gasteiger partial charge on any atom is 0.186 e. The summed E-state index contributed by atoms with van der Waals surface area (Å²) in [6.07, 6.45) is 0. The molecular weight excluding hydrogens is 336 g/mol. The number of rotatable bonds is 6. The van der Waals surface area contributed by atoms with Gasteiger partial charge in [0.1, 0.15) is 5.75 Å². The van der Waals surface area contributed by atoms with Gasteiger partial charge in [-0.05, 0) is 63.6 Å². The summed E-state index contributed by atoms with van der Waals surface area (Å²) in [6, 6.07) is 17.6. The van der Waals surface area contributed by atoms with Gasteiger partial charge in [0, 0.05) is 22.6 Å². The van der Waals surface area contributed by atoms with Crippen molar-refractivity contribution in [3.8, 4) is 11.4 Å². The molecular formula is C23H26N2O2. The summed E-state index contributed by atoms with van der Waals surface area (Å²) in [7, 11) is 1.63. The van der Waals surface area contributed by atoms with Gasteiger partial charge in [-0.25, -0.2) is 0 Å². The molecule has 0 unspecified atom stereocenters. The number of ether oxygens (including phenoxy) is 1. The Labute approximate surface area is 160 Å². The van der Waals surface area contributed by atoms with Crippen LogP contribution in [-0.2, 0) is 0 Å². The molecule has 0 aliphatic rings. The van der Waals surface area contributed by atoms with E-state index in [0.717, 1.165) is 39.6 Å². The largest absolute Gasteiger partial charge is 0.495 e. The predicted molar refractivity (Wildman–Crippen MR) is 110 cm³/mol. The van der Waals surface area contributed by atoms with E-state index in [9.17, 15) is 4.79 Å². The Kier molecular flexibility index (Phi) is 5.36. The summed E-state index contributed by atoms with van der Waals surface area (Å²) >= 11 is 0. The van der Waals surface area contributed by atoms with Gasteiger partial charge in [-0.2, -0.15) is 0 Å². The molecule has 1 heterocycles. The van der Waals surface area contributed by atoms with E-state index >= 15 is 0 Å². The molecule has 2 aromatic carbocycles. The van der Waals surface area contributed by atoms with Gasteiger partial charge in [0.05, 0.1) is 18.8 Å². The van der Waals surface area contributed by atoms with E-state index in [1.165, 1.54) is 0 Å². The molecule has 0 bridgehead atoms. The summed E-state index contributed by atoms with van der Waals surface area (Å²) in [4.78, 5) is 13.1. The third kappa shape index (κ3) is 3.75. The third-order valence-corrected chi connectivity index (χ3v) is 4.83. The molecule has 0 spiro atoms. The highest BCUT2D eigenvalue weighted by molar-refractivity contribution is 6.02. The minimum atomic E-state index is -0.370. The van der Waals surface area contributed by atoms with Crippen LogP contribution in [0.25, 0.3) is 5.69 Å². The Bertz CT molecular complexity index is 958. The number of para-hydroxylation sites is 1. The van der Waals surface area contributed by atoms with Crippen molar-refractivity contribution < 1.29 is 9.53 Å². The number of nitrogens with one attached hydrogen (secondary N) is 1. The second kappa shape index (κ2) is 7.70. The number of ketones is 1. The third-order valence-electron chi connectivity index (χ3n) is 4.83. The van der Waals surface area contributed by atoms with Crippen molar-refractivity contribution >= 4 is 11.5 Å². The quantitative estimate of drug-likeness (QED) is 0.621. The zero-order valence-electron chi connectivity index (χ0n) is 16.5. The smallest absolute Gasteiger partial charge is 0.186 e. The lowest BCUT2D eigenvalue weighted by Crippen LogP contribution is -2.27. The highest BCUT2D eigenvalue weighted by atomic mass is 16.5.